The van der Waals surface area contributed by atoms with Crippen LogP contribution in [0.2, 0.25) is 0 Å². The van der Waals surface area contributed by atoms with Gasteiger partial charge in [-0.1, -0.05) is 30.3 Å². The van der Waals surface area contributed by atoms with Crippen molar-refractivity contribution in [3.8, 4) is 0 Å². The van der Waals surface area contributed by atoms with E-state index in [1.54, 1.807) is 0 Å². The molecule has 1 atom stereocenters. The van der Waals surface area contributed by atoms with E-state index in [2.05, 4.69) is 21.1 Å². The van der Waals surface area contributed by atoms with Gasteiger partial charge < -0.3 is 10.4 Å². The van der Waals surface area contributed by atoms with Crippen LogP contribution in [0.1, 0.15) is 18.4 Å². The second kappa shape index (κ2) is 10.2. The van der Waals surface area contributed by atoms with Crippen LogP contribution in [0, 0.1) is 6.26 Å². The van der Waals surface area contributed by atoms with Crippen molar-refractivity contribution in [1.82, 2.24) is 10.6 Å². The second-order valence-corrected chi connectivity index (χ2v) is 6.32. The van der Waals surface area contributed by atoms with Crippen molar-refractivity contribution in [3.63, 3.8) is 0 Å². The number of nitrogens with one attached hydrogen (secondary N) is 2. The van der Waals surface area contributed by atoms with Gasteiger partial charge in [-0.2, -0.15) is 8.42 Å². The van der Waals surface area contributed by atoms with E-state index < -0.39 is 16.3 Å². The molecule has 0 spiro atoms. The van der Waals surface area contributed by atoms with Crippen molar-refractivity contribution in [3.05, 3.63) is 42.2 Å². The summed E-state index contributed by atoms with van der Waals surface area (Å²) in [5, 5.41) is 15.0. The lowest BCUT2D eigenvalue weighted by Crippen LogP contribution is -2.36. The van der Waals surface area contributed by atoms with E-state index in [4.69, 9.17) is 0 Å². The number of rotatable bonds is 11. The Morgan fingerprint density at radius 1 is 1.26 bits per heavy atom. The molecule has 1 unspecified atom stereocenters. The molecule has 0 aliphatic heterocycles. The normalized spacial score (nSPS) is 12.7. The summed E-state index contributed by atoms with van der Waals surface area (Å²) in [7, 11) is -3.71. The number of aliphatic hydroxyl groups is 1. The molecule has 0 radical (unpaired) electrons. The van der Waals surface area contributed by atoms with E-state index in [1.807, 2.05) is 30.3 Å². The summed E-state index contributed by atoms with van der Waals surface area (Å²) >= 11 is 0. The van der Waals surface area contributed by atoms with Crippen LogP contribution in [0.4, 0.5) is 0 Å². The summed E-state index contributed by atoms with van der Waals surface area (Å²) in [4.78, 5) is 11.7. The minimum atomic E-state index is -3.71. The van der Waals surface area contributed by atoms with Gasteiger partial charge in [-0.25, -0.2) is 4.18 Å². The number of aryl methyl sites for hydroxylation is 1. The predicted octanol–water partition coefficient (Wildman–Crippen LogP) is 0.171. The number of amides is 1. The maximum atomic E-state index is 11.7. The fraction of sp³-hybridized carbons (Fsp3) is 0.467. The highest BCUT2D eigenvalue weighted by atomic mass is 32.2. The smallest absolute Gasteiger partial charge is 0.379 e. The van der Waals surface area contributed by atoms with Gasteiger partial charge in [0.05, 0.1) is 6.61 Å². The molecule has 8 heteroatoms. The molecule has 7 nitrogen and oxygen atoms in total. The fourth-order valence-electron chi connectivity index (χ4n) is 1.84. The van der Waals surface area contributed by atoms with Crippen molar-refractivity contribution >= 4 is 16.0 Å². The predicted molar refractivity (Wildman–Crippen MR) is 86.6 cm³/mol. The molecule has 0 saturated heterocycles. The lowest BCUT2D eigenvalue weighted by molar-refractivity contribution is -0.121. The van der Waals surface area contributed by atoms with E-state index in [1.165, 1.54) is 0 Å². The van der Waals surface area contributed by atoms with Crippen LogP contribution in [-0.2, 0) is 25.5 Å². The van der Waals surface area contributed by atoms with Crippen LogP contribution in [0.3, 0.4) is 0 Å². The molecule has 1 rings (SSSR count). The van der Waals surface area contributed by atoms with Crippen molar-refractivity contribution in [2.24, 2.45) is 0 Å². The molecule has 0 aliphatic carbocycles. The summed E-state index contributed by atoms with van der Waals surface area (Å²) in [6.45, 7) is 0.389. The molecular weight excluding hydrogens is 320 g/mol. The lowest BCUT2D eigenvalue weighted by atomic mass is 10.1. The third-order valence-corrected chi connectivity index (χ3v) is 3.49. The summed E-state index contributed by atoms with van der Waals surface area (Å²) in [6, 6.07) is 9.72. The van der Waals surface area contributed by atoms with Crippen molar-refractivity contribution in [2.75, 3.05) is 19.7 Å². The molecule has 0 heterocycles. The Balaban J connectivity index is 2.05. The molecule has 0 aliphatic rings. The summed E-state index contributed by atoms with van der Waals surface area (Å²) in [5.41, 5.74) is 1.10. The molecule has 0 aromatic heterocycles. The molecular formula is C15H23N2O5S+. The molecule has 128 valence electrons. The van der Waals surface area contributed by atoms with Gasteiger partial charge in [0, 0.05) is 25.9 Å². The third-order valence-electron chi connectivity index (χ3n) is 2.97. The summed E-state index contributed by atoms with van der Waals surface area (Å²) in [5.74, 6) is -0.0764. The Labute approximate surface area is 137 Å². The topological polar surface area (TPSA) is 105 Å². The first-order valence-electron chi connectivity index (χ1n) is 7.31. The molecule has 23 heavy (non-hydrogen) atoms. The number of hydrogen-bond donors (Lipinski definition) is 3. The van der Waals surface area contributed by atoms with E-state index in [0.717, 1.165) is 5.56 Å². The molecule has 0 saturated carbocycles. The monoisotopic (exact) mass is 343 g/mol. The van der Waals surface area contributed by atoms with E-state index in [-0.39, 0.29) is 19.1 Å². The van der Waals surface area contributed by atoms with Crippen molar-refractivity contribution in [1.29, 1.82) is 0 Å². The number of carbonyl (C=O) groups excluding carboxylic acids is 1. The Bertz CT molecular complexity index is 562. The van der Waals surface area contributed by atoms with Crippen LogP contribution >= 0.6 is 0 Å². The quantitative estimate of drug-likeness (QED) is 0.229. The van der Waals surface area contributed by atoms with Gasteiger partial charge in [0.15, 0.2) is 0 Å². The van der Waals surface area contributed by atoms with Crippen LogP contribution in [0.25, 0.3) is 0 Å². The van der Waals surface area contributed by atoms with Gasteiger partial charge in [0.25, 0.3) is 0 Å². The maximum absolute atomic E-state index is 11.7. The molecule has 0 fully saturated rings. The first-order chi connectivity index (χ1) is 10.9. The number of carbonyl (C=O) groups is 1. The molecule has 1 aromatic carbocycles. The molecule has 1 amide bonds. The Kier molecular flexibility index (Phi) is 8.64. The van der Waals surface area contributed by atoms with E-state index in [0.29, 0.717) is 25.8 Å². The van der Waals surface area contributed by atoms with Gasteiger partial charge >= 0.3 is 10.1 Å². The average molecular weight is 343 g/mol. The first-order valence-corrected chi connectivity index (χ1v) is 8.89. The highest BCUT2D eigenvalue weighted by Gasteiger charge is 2.10. The first kappa shape index (κ1) is 19.4. The number of benzene rings is 1. The van der Waals surface area contributed by atoms with Crippen LogP contribution in [0.15, 0.2) is 30.3 Å². The number of aliphatic hydroxyl groups excluding tert-OH is 1. The Morgan fingerprint density at radius 3 is 2.61 bits per heavy atom. The number of hydrogen-bond acceptors (Lipinski definition) is 6. The Morgan fingerprint density at radius 2 is 1.96 bits per heavy atom. The second-order valence-electron chi connectivity index (χ2n) is 4.97. The highest BCUT2D eigenvalue weighted by molar-refractivity contribution is 7.87. The van der Waals surface area contributed by atoms with Crippen LogP contribution in [-0.4, -0.2) is 45.4 Å². The van der Waals surface area contributed by atoms with Gasteiger partial charge in [-0.05, 0) is 12.0 Å². The summed E-state index contributed by atoms with van der Waals surface area (Å²) < 4.78 is 25.6. The standard InChI is InChI=1S/C15H22N2O5S/c1-23(20,21)22-12-11-17-15(19)9-10-16-14(18)8-7-13-5-3-2-4-6-13/h2-6,15,17,19H,1,7-12H2/p+1. The third kappa shape index (κ3) is 10.7. The maximum Gasteiger partial charge on any atom is 0.421 e. The minimum Gasteiger partial charge on any atom is -0.379 e. The zero-order valence-electron chi connectivity index (χ0n) is 12.9. The van der Waals surface area contributed by atoms with Crippen LogP contribution in [0.5, 0.6) is 0 Å². The lowest BCUT2D eigenvalue weighted by Gasteiger charge is -2.12. The molecule has 1 aromatic rings. The SMILES string of the molecule is [CH2+]S(=O)(=O)OCCNC(O)CCNC(=O)CCc1ccccc1. The largest absolute Gasteiger partial charge is 0.421 e. The summed E-state index contributed by atoms with van der Waals surface area (Å²) in [6.07, 6.45) is 3.34. The van der Waals surface area contributed by atoms with Crippen molar-refractivity contribution in [2.45, 2.75) is 25.5 Å². The van der Waals surface area contributed by atoms with Crippen LogP contribution < -0.4 is 10.6 Å². The van der Waals surface area contributed by atoms with Gasteiger partial charge in [-0.3, -0.25) is 10.1 Å². The average Bonchev–Trinajstić information content (AvgIpc) is 2.50. The van der Waals surface area contributed by atoms with Crippen molar-refractivity contribution < 1.29 is 22.5 Å². The Hall–Kier alpha value is -1.61. The zero-order valence-corrected chi connectivity index (χ0v) is 13.7. The minimum absolute atomic E-state index is 0.0764. The molecule has 0 bridgehead atoms. The van der Waals surface area contributed by atoms with Gasteiger partial charge in [0.2, 0.25) is 12.2 Å². The zero-order chi connectivity index (χ0) is 17.1. The van der Waals surface area contributed by atoms with Gasteiger partial charge in [-0.15, -0.1) is 0 Å². The highest BCUT2D eigenvalue weighted by Crippen LogP contribution is 2.02. The van der Waals surface area contributed by atoms with E-state index in [9.17, 15) is 18.3 Å². The fourth-order valence-corrected chi connectivity index (χ4v) is 2.17. The van der Waals surface area contributed by atoms with E-state index >= 15 is 0 Å². The molecule has 3 N–H and O–H groups in total. The van der Waals surface area contributed by atoms with Gasteiger partial charge in [0.1, 0.15) is 6.23 Å².